The molecule has 27 heavy (non-hydrogen) atoms. The molecule has 4 heterocycles. The molecule has 4 rings (SSSR count). The molecule has 0 aromatic carbocycles. The number of hydrogen-bond acceptors (Lipinski definition) is 6. The van der Waals surface area contributed by atoms with Gasteiger partial charge in [0.2, 0.25) is 11.8 Å². The van der Waals surface area contributed by atoms with Crippen molar-refractivity contribution in [1.82, 2.24) is 19.9 Å². The van der Waals surface area contributed by atoms with E-state index in [-0.39, 0.29) is 11.8 Å². The molecule has 2 aromatic rings. The number of carbonyl (C=O) groups is 1. The number of carbonyl (C=O) groups excluding carboxylic acids is 1. The van der Waals surface area contributed by atoms with Crippen molar-refractivity contribution in [1.29, 1.82) is 0 Å². The van der Waals surface area contributed by atoms with Gasteiger partial charge in [0, 0.05) is 19.6 Å². The van der Waals surface area contributed by atoms with Crippen LogP contribution in [0.4, 0.5) is 5.82 Å². The zero-order valence-electron chi connectivity index (χ0n) is 15.7. The van der Waals surface area contributed by atoms with Crippen molar-refractivity contribution in [2.24, 2.45) is 5.92 Å². The molecule has 0 saturated carbocycles. The Kier molecular flexibility index (Phi) is 4.63. The highest BCUT2D eigenvalue weighted by Gasteiger charge is 2.35. The predicted octanol–water partition coefficient (Wildman–Crippen LogP) is 2.52. The Labute approximate surface area is 163 Å². The molecule has 0 spiro atoms. The van der Waals surface area contributed by atoms with Crippen LogP contribution in [0.15, 0.2) is 12.4 Å². The van der Waals surface area contributed by atoms with Gasteiger partial charge in [0.05, 0.1) is 48.4 Å². The average Bonchev–Trinajstić information content (AvgIpc) is 3.33. The third kappa shape index (κ3) is 3.20. The molecule has 2 aliphatic rings. The second-order valence-electron chi connectivity index (χ2n) is 7.11. The molecule has 1 amide bonds. The van der Waals surface area contributed by atoms with Crippen molar-refractivity contribution in [3.8, 4) is 5.88 Å². The van der Waals surface area contributed by atoms with Gasteiger partial charge in [0.15, 0.2) is 5.82 Å². The highest BCUT2D eigenvalue weighted by Crippen LogP contribution is 2.33. The highest BCUT2D eigenvalue weighted by atomic mass is 35.5. The maximum absolute atomic E-state index is 13.1. The van der Waals surface area contributed by atoms with E-state index < -0.39 is 0 Å². The molecular weight excluding hydrogens is 366 g/mol. The number of rotatable bonds is 3. The Bertz CT molecular complexity index is 904. The highest BCUT2D eigenvalue weighted by molar-refractivity contribution is 6.32. The van der Waals surface area contributed by atoms with Crippen LogP contribution in [0, 0.1) is 19.8 Å². The topological polar surface area (TPSA) is 71.5 Å². The number of fused-ring (bicyclic) bond motifs is 1. The van der Waals surface area contributed by atoms with Gasteiger partial charge >= 0.3 is 0 Å². The fraction of sp³-hybridized carbons (Fsp3) is 0.474. The lowest BCUT2D eigenvalue weighted by molar-refractivity contribution is -0.135. The number of ether oxygens (including phenoxy) is 1. The van der Waals surface area contributed by atoms with Gasteiger partial charge in [0.25, 0.3) is 0 Å². The Morgan fingerprint density at radius 2 is 2.07 bits per heavy atom. The molecule has 0 N–H and O–H groups in total. The summed E-state index contributed by atoms with van der Waals surface area (Å²) in [6.45, 7) is 6.47. The van der Waals surface area contributed by atoms with Crippen molar-refractivity contribution >= 4 is 23.3 Å². The molecule has 1 fully saturated rings. The number of aromatic nitrogens is 3. The van der Waals surface area contributed by atoms with E-state index in [1.54, 1.807) is 19.5 Å². The van der Waals surface area contributed by atoms with Crippen LogP contribution in [0.1, 0.15) is 28.9 Å². The summed E-state index contributed by atoms with van der Waals surface area (Å²) in [5, 5.41) is 0.701. The first kappa shape index (κ1) is 18.0. The predicted molar refractivity (Wildman–Crippen MR) is 102 cm³/mol. The number of amides is 1. The summed E-state index contributed by atoms with van der Waals surface area (Å²) < 4.78 is 5.14. The molecule has 0 radical (unpaired) electrons. The van der Waals surface area contributed by atoms with E-state index in [0.717, 1.165) is 41.3 Å². The number of anilines is 1. The number of hydrogen-bond donors (Lipinski definition) is 0. The van der Waals surface area contributed by atoms with E-state index in [9.17, 15) is 4.79 Å². The van der Waals surface area contributed by atoms with Crippen molar-refractivity contribution in [2.75, 3.05) is 25.1 Å². The lowest BCUT2D eigenvalue weighted by Crippen LogP contribution is -2.34. The number of methoxy groups -OCH3 is 1. The van der Waals surface area contributed by atoms with Gasteiger partial charge in [0.1, 0.15) is 0 Å². The van der Waals surface area contributed by atoms with Crippen molar-refractivity contribution < 1.29 is 9.53 Å². The average molecular weight is 388 g/mol. The van der Waals surface area contributed by atoms with Gasteiger partial charge in [-0.25, -0.2) is 0 Å². The molecular formula is C19H22ClN5O2. The second-order valence-corrected chi connectivity index (χ2v) is 7.48. The molecule has 7 nitrogen and oxygen atoms in total. The smallest absolute Gasteiger partial charge is 0.233 e. The molecule has 0 bridgehead atoms. The summed E-state index contributed by atoms with van der Waals surface area (Å²) in [5.41, 5.74) is 3.92. The Balaban J connectivity index is 1.46. The molecule has 142 valence electrons. The summed E-state index contributed by atoms with van der Waals surface area (Å²) in [7, 11) is 1.57. The van der Waals surface area contributed by atoms with Gasteiger partial charge in [-0.15, -0.1) is 0 Å². The van der Waals surface area contributed by atoms with E-state index in [0.29, 0.717) is 30.5 Å². The minimum absolute atomic E-state index is 0.0517. The number of pyridine rings is 1. The van der Waals surface area contributed by atoms with Gasteiger partial charge in [-0.3, -0.25) is 14.8 Å². The second kappa shape index (κ2) is 6.96. The zero-order valence-corrected chi connectivity index (χ0v) is 16.5. The van der Waals surface area contributed by atoms with Gasteiger partial charge in [-0.05, 0) is 31.4 Å². The maximum Gasteiger partial charge on any atom is 0.233 e. The van der Waals surface area contributed by atoms with Gasteiger partial charge in [-0.2, -0.15) is 4.98 Å². The number of aryl methyl sites for hydroxylation is 1. The lowest BCUT2D eigenvalue weighted by Gasteiger charge is -2.21. The normalized spacial score (nSPS) is 18.7. The first-order valence-electron chi connectivity index (χ1n) is 9.02. The standard InChI is InChI=1S/C19H22ClN5O2/c1-11-14-9-25(10-15(14)22-12(2)18(11)20)19(26)13-4-5-24(8-13)16-6-21-7-17(23-16)27-3/h6-7,13H,4-5,8-10H2,1-3H3/t13-/m1/s1. The fourth-order valence-corrected chi connectivity index (χ4v) is 4.04. The summed E-state index contributed by atoms with van der Waals surface area (Å²) in [6.07, 6.45) is 4.09. The van der Waals surface area contributed by atoms with E-state index in [4.69, 9.17) is 16.3 Å². The van der Waals surface area contributed by atoms with Crippen LogP contribution in [0.2, 0.25) is 5.02 Å². The van der Waals surface area contributed by atoms with E-state index in [1.165, 1.54) is 0 Å². The van der Waals surface area contributed by atoms with Crippen molar-refractivity contribution in [3.63, 3.8) is 0 Å². The van der Waals surface area contributed by atoms with E-state index in [1.807, 2.05) is 18.7 Å². The molecule has 1 saturated heterocycles. The SMILES string of the molecule is COc1cncc(N2CC[C@@H](C(=O)N3Cc4nc(C)c(Cl)c(C)c4C3)C2)n1. The van der Waals surface area contributed by atoms with Crippen LogP contribution in [0.5, 0.6) is 5.88 Å². The fourth-order valence-electron chi connectivity index (χ4n) is 3.88. The maximum atomic E-state index is 13.1. The van der Waals surface area contributed by atoms with Crippen LogP contribution < -0.4 is 9.64 Å². The molecule has 2 aliphatic heterocycles. The third-order valence-electron chi connectivity index (χ3n) is 5.42. The first-order valence-corrected chi connectivity index (χ1v) is 9.40. The van der Waals surface area contributed by atoms with Crippen molar-refractivity contribution in [2.45, 2.75) is 33.4 Å². The quantitative estimate of drug-likeness (QED) is 0.805. The number of halogens is 1. The van der Waals surface area contributed by atoms with Gasteiger partial charge in [-0.1, -0.05) is 11.6 Å². The minimum Gasteiger partial charge on any atom is -0.480 e. The lowest BCUT2D eigenvalue weighted by atomic mass is 10.1. The molecule has 0 unspecified atom stereocenters. The van der Waals surface area contributed by atoms with Crippen molar-refractivity contribution in [3.05, 3.63) is 39.9 Å². The van der Waals surface area contributed by atoms with Crippen LogP contribution in [-0.2, 0) is 17.9 Å². The van der Waals surface area contributed by atoms with Crippen LogP contribution >= 0.6 is 11.6 Å². The summed E-state index contributed by atoms with van der Waals surface area (Å²) in [4.78, 5) is 30.2. The van der Waals surface area contributed by atoms with E-state index in [2.05, 4.69) is 19.9 Å². The number of nitrogens with zero attached hydrogens (tertiary/aromatic N) is 5. The van der Waals surface area contributed by atoms with Crippen LogP contribution in [0.25, 0.3) is 0 Å². The van der Waals surface area contributed by atoms with E-state index >= 15 is 0 Å². The first-order chi connectivity index (χ1) is 13.0. The Morgan fingerprint density at radius 1 is 1.26 bits per heavy atom. The molecule has 8 heteroatoms. The summed E-state index contributed by atoms with van der Waals surface area (Å²) in [5.74, 6) is 1.34. The Morgan fingerprint density at radius 3 is 2.85 bits per heavy atom. The third-order valence-corrected chi connectivity index (χ3v) is 5.98. The van der Waals surface area contributed by atoms with Gasteiger partial charge < -0.3 is 14.5 Å². The van der Waals surface area contributed by atoms with Crippen LogP contribution in [0.3, 0.4) is 0 Å². The zero-order chi connectivity index (χ0) is 19.1. The van der Waals surface area contributed by atoms with Crippen LogP contribution in [-0.4, -0.2) is 46.0 Å². The molecule has 0 aliphatic carbocycles. The summed E-state index contributed by atoms with van der Waals surface area (Å²) >= 11 is 6.33. The Hall–Kier alpha value is -2.41. The minimum atomic E-state index is -0.0517. The monoisotopic (exact) mass is 387 g/mol. The largest absolute Gasteiger partial charge is 0.480 e. The molecule has 1 atom stereocenters. The molecule has 2 aromatic heterocycles. The summed E-state index contributed by atoms with van der Waals surface area (Å²) in [6, 6.07) is 0.